The van der Waals surface area contributed by atoms with E-state index in [0.717, 1.165) is 5.56 Å². The first-order valence-electron chi connectivity index (χ1n) is 7.71. The predicted molar refractivity (Wildman–Crippen MR) is 92.6 cm³/mol. The van der Waals surface area contributed by atoms with E-state index in [1.807, 2.05) is 38.1 Å². The fourth-order valence-electron chi connectivity index (χ4n) is 2.50. The summed E-state index contributed by atoms with van der Waals surface area (Å²) in [6.45, 7) is 3.95. The van der Waals surface area contributed by atoms with Gasteiger partial charge in [-0.25, -0.2) is 0 Å². The smallest absolute Gasteiger partial charge is 0.246 e. The minimum atomic E-state index is -0.366. The van der Waals surface area contributed by atoms with Gasteiger partial charge >= 0.3 is 0 Å². The number of likely N-dealkylation sites (N-methyl/N-ethyl adjacent to an activating group) is 1. The van der Waals surface area contributed by atoms with Gasteiger partial charge in [-0.2, -0.15) is 0 Å². The molecular formula is C17H24N2O3S. The van der Waals surface area contributed by atoms with E-state index in [1.54, 1.807) is 35.7 Å². The second kappa shape index (κ2) is 7.73. The Hall–Kier alpha value is -1.69. The molecule has 1 aliphatic heterocycles. The van der Waals surface area contributed by atoms with Crippen LogP contribution in [0.1, 0.15) is 19.4 Å². The van der Waals surface area contributed by atoms with Crippen LogP contribution in [0.15, 0.2) is 24.3 Å². The van der Waals surface area contributed by atoms with Crippen molar-refractivity contribution in [3.63, 3.8) is 0 Å². The number of benzene rings is 1. The van der Waals surface area contributed by atoms with Crippen LogP contribution < -0.4 is 4.74 Å². The zero-order valence-electron chi connectivity index (χ0n) is 14.1. The van der Waals surface area contributed by atoms with Crippen LogP contribution in [0, 0.1) is 0 Å². The first kappa shape index (κ1) is 17.7. The number of rotatable bonds is 5. The average molecular weight is 336 g/mol. The van der Waals surface area contributed by atoms with Crippen LogP contribution in [-0.2, 0) is 16.0 Å². The Balaban J connectivity index is 2.10. The molecule has 0 aliphatic carbocycles. The molecule has 126 valence electrons. The van der Waals surface area contributed by atoms with Gasteiger partial charge in [-0.05, 0) is 19.9 Å². The molecule has 1 fully saturated rings. The lowest BCUT2D eigenvalue weighted by molar-refractivity contribution is -0.143. The molecule has 0 aromatic heterocycles. The van der Waals surface area contributed by atoms with Crippen LogP contribution in [0.2, 0.25) is 0 Å². The molecule has 0 radical (unpaired) electrons. The standard InChI is InChI=1S/C17H24N2O3S/c1-12(2)18(3)17(21)14-10-23-11-19(14)16(20)9-13-7-5-6-8-15(13)22-4/h5-8,12,14H,9-11H2,1-4H3. The summed E-state index contributed by atoms with van der Waals surface area (Å²) in [7, 11) is 3.39. The molecule has 0 spiro atoms. The van der Waals surface area contributed by atoms with Gasteiger partial charge in [0.2, 0.25) is 11.8 Å². The number of amides is 2. The largest absolute Gasteiger partial charge is 0.496 e. The predicted octanol–water partition coefficient (Wildman–Crippen LogP) is 2.01. The number of hydrogen-bond donors (Lipinski definition) is 0. The summed E-state index contributed by atoms with van der Waals surface area (Å²) in [5.74, 6) is 1.91. The normalized spacial score (nSPS) is 17.4. The van der Waals surface area contributed by atoms with Crippen molar-refractivity contribution in [2.24, 2.45) is 0 Å². The Kier molecular flexibility index (Phi) is 5.93. The Morgan fingerprint density at radius 3 is 2.74 bits per heavy atom. The SMILES string of the molecule is COc1ccccc1CC(=O)N1CSCC1C(=O)N(C)C(C)C. The van der Waals surface area contributed by atoms with Gasteiger partial charge in [0.25, 0.3) is 0 Å². The Bertz CT molecular complexity index is 577. The summed E-state index contributed by atoms with van der Waals surface area (Å²) >= 11 is 1.62. The molecule has 0 bridgehead atoms. The minimum Gasteiger partial charge on any atom is -0.496 e. The molecule has 2 amide bonds. The molecule has 1 saturated heterocycles. The van der Waals surface area contributed by atoms with Crippen molar-refractivity contribution in [3.05, 3.63) is 29.8 Å². The number of nitrogens with zero attached hydrogens (tertiary/aromatic N) is 2. The molecule has 6 heteroatoms. The van der Waals surface area contributed by atoms with Gasteiger partial charge in [0.05, 0.1) is 19.4 Å². The third-order valence-electron chi connectivity index (χ3n) is 4.14. The van der Waals surface area contributed by atoms with Gasteiger partial charge in [0.15, 0.2) is 0 Å². The first-order valence-corrected chi connectivity index (χ1v) is 8.87. The number of carbonyl (C=O) groups is 2. The number of thioether (sulfide) groups is 1. The van der Waals surface area contributed by atoms with Crippen molar-refractivity contribution in [3.8, 4) is 5.75 Å². The van der Waals surface area contributed by atoms with Gasteiger partial charge in [-0.3, -0.25) is 9.59 Å². The second-order valence-corrected chi connectivity index (χ2v) is 6.91. The maximum atomic E-state index is 12.7. The molecule has 1 aromatic carbocycles. The maximum absolute atomic E-state index is 12.7. The molecule has 1 atom stereocenters. The molecular weight excluding hydrogens is 312 g/mol. The van der Waals surface area contributed by atoms with E-state index in [9.17, 15) is 9.59 Å². The third kappa shape index (κ3) is 3.99. The number of ether oxygens (including phenoxy) is 1. The van der Waals surface area contributed by atoms with Crippen LogP contribution in [0.4, 0.5) is 0 Å². The van der Waals surface area contributed by atoms with E-state index < -0.39 is 0 Å². The topological polar surface area (TPSA) is 49.9 Å². The van der Waals surface area contributed by atoms with Crippen LogP contribution in [0.3, 0.4) is 0 Å². The van der Waals surface area contributed by atoms with Crippen LogP contribution in [0.5, 0.6) is 5.75 Å². The Labute approximate surface area is 142 Å². The molecule has 0 saturated carbocycles. The fraction of sp³-hybridized carbons (Fsp3) is 0.529. The number of carbonyl (C=O) groups excluding carboxylic acids is 2. The summed E-state index contributed by atoms with van der Waals surface area (Å²) in [5.41, 5.74) is 0.848. The quantitative estimate of drug-likeness (QED) is 0.825. The van der Waals surface area contributed by atoms with Gasteiger partial charge < -0.3 is 14.5 Å². The van der Waals surface area contributed by atoms with Gasteiger partial charge in [-0.1, -0.05) is 18.2 Å². The zero-order valence-corrected chi connectivity index (χ0v) is 14.9. The molecule has 1 aliphatic rings. The van der Waals surface area contributed by atoms with E-state index in [-0.39, 0.29) is 30.3 Å². The second-order valence-electron chi connectivity index (χ2n) is 5.91. The molecule has 23 heavy (non-hydrogen) atoms. The lowest BCUT2D eigenvalue weighted by atomic mass is 10.1. The summed E-state index contributed by atoms with van der Waals surface area (Å²) in [5, 5.41) is 0. The maximum Gasteiger partial charge on any atom is 0.246 e. The number of para-hydroxylation sites is 1. The van der Waals surface area contributed by atoms with Crippen molar-refractivity contribution in [2.45, 2.75) is 32.4 Å². The van der Waals surface area contributed by atoms with Crippen molar-refractivity contribution < 1.29 is 14.3 Å². The van der Waals surface area contributed by atoms with Crippen LogP contribution >= 0.6 is 11.8 Å². The molecule has 1 aromatic rings. The van der Waals surface area contributed by atoms with Crippen molar-refractivity contribution in [2.75, 3.05) is 25.8 Å². The first-order chi connectivity index (χ1) is 11.0. The molecule has 2 rings (SSSR count). The number of hydrogen-bond acceptors (Lipinski definition) is 4. The molecule has 5 nitrogen and oxygen atoms in total. The highest BCUT2D eigenvalue weighted by molar-refractivity contribution is 7.99. The monoisotopic (exact) mass is 336 g/mol. The average Bonchev–Trinajstić information content (AvgIpc) is 3.03. The van der Waals surface area contributed by atoms with Crippen molar-refractivity contribution in [1.29, 1.82) is 0 Å². The number of methoxy groups -OCH3 is 1. The Morgan fingerprint density at radius 1 is 1.39 bits per heavy atom. The van der Waals surface area contributed by atoms with Crippen molar-refractivity contribution in [1.82, 2.24) is 9.80 Å². The summed E-state index contributed by atoms with van der Waals surface area (Å²) in [4.78, 5) is 28.6. The van der Waals surface area contributed by atoms with Crippen LogP contribution in [0.25, 0.3) is 0 Å². The minimum absolute atomic E-state index is 0.0124. The lowest BCUT2D eigenvalue weighted by Crippen LogP contribution is -2.49. The summed E-state index contributed by atoms with van der Waals surface area (Å²) in [6.07, 6.45) is 0.250. The lowest BCUT2D eigenvalue weighted by Gasteiger charge is -2.29. The van der Waals surface area contributed by atoms with Crippen molar-refractivity contribution >= 4 is 23.6 Å². The summed E-state index contributed by atoms with van der Waals surface area (Å²) in [6, 6.07) is 7.25. The molecule has 1 heterocycles. The molecule has 0 N–H and O–H groups in total. The highest BCUT2D eigenvalue weighted by atomic mass is 32.2. The van der Waals surface area contributed by atoms with E-state index in [0.29, 0.717) is 17.4 Å². The van der Waals surface area contributed by atoms with Gasteiger partial charge in [0, 0.05) is 24.4 Å². The van der Waals surface area contributed by atoms with E-state index in [1.165, 1.54) is 0 Å². The highest BCUT2D eigenvalue weighted by Crippen LogP contribution is 2.25. The van der Waals surface area contributed by atoms with Crippen LogP contribution in [-0.4, -0.2) is 59.5 Å². The summed E-state index contributed by atoms with van der Waals surface area (Å²) < 4.78 is 5.30. The molecule has 1 unspecified atom stereocenters. The third-order valence-corrected chi connectivity index (χ3v) is 5.16. The highest BCUT2D eigenvalue weighted by Gasteiger charge is 2.36. The van der Waals surface area contributed by atoms with E-state index in [4.69, 9.17) is 4.74 Å². The van der Waals surface area contributed by atoms with Gasteiger partial charge in [-0.15, -0.1) is 11.8 Å². The van der Waals surface area contributed by atoms with Gasteiger partial charge in [0.1, 0.15) is 11.8 Å². The van der Waals surface area contributed by atoms with E-state index >= 15 is 0 Å². The fourth-order valence-corrected chi connectivity index (χ4v) is 3.67. The van der Waals surface area contributed by atoms with E-state index in [2.05, 4.69) is 0 Å². The Morgan fingerprint density at radius 2 is 2.09 bits per heavy atom. The zero-order chi connectivity index (χ0) is 17.0.